The number of rotatable bonds is 5. The molecular weight excluding hydrogens is 244 g/mol. The molecule has 1 atom stereocenters. The standard InChI is InChI=1S/C18H36N2/c1-4-19-14-18(11-9-16(2)10-12-18)15-20-13-7-5-6-8-17(20)3/h16-17,19H,4-15H2,1-3H3. The average molecular weight is 280 g/mol. The highest BCUT2D eigenvalue weighted by molar-refractivity contribution is 4.90. The van der Waals surface area contributed by atoms with Crippen molar-refractivity contribution in [3.05, 3.63) is 0 Å². The monoisotopic (exact) mass is 280 g/mol. The highest BCUT2D eigenvalue weighted by atomic mass is 15.2. The number of likely N-dealkylation sites (tertiary alicyclic amines) is 1. The van der Waals surface area contributed by atoms with Crippen molar-refractivity contribution in [1.29, 1.82) is 0 Å². The van der Waals surface area contributed by atoms with Crippen molar-refractivity contribution in [3.8, 4) is 0 Å². The minimum Gasteiger partial charge on any atom is -0.316 e. The summed E-state index contributed by atoms with van der Waals surface area (Å²) in [4.78, 5) is 2.82. The molecule has 2 fully saturated rings. The minimum absolute atomic E-state index is 0.557. The highest BCUT2D eigenvalue weighted by Crippen LogP contribution is 2.40. The fraction of sp³-hybridized carbons (Fsp3) is 1.00. The summed E-state index contributed by atoms with van der Waals surface area (Å²) in [7, 11) is 0. The van der Waals surface area contributed by atoms with Gasteiger partial charge in [-0.3, -0.25) is 0 Å². The molecule has 0 aromatic rings. The van der Waals surface area contributed by atoms with Gasteiger partial charge in [0.25, 0.3) is 0 Å². The van der Waals surface area contributed by atoms with Crippen LogP contribution in [0.15, 0.2) is 0 Å². The summed E-state index contributed by atoms with van der Waals surface area (Å²) in [5.74, 6) is 0.950. The summed E-state index contributed by atoms with van der Waals surface area (Å²) in [6.45, 7) is 12.2. The molecule has 1 aliphatic carbocycles. The molecule has 0 spiro atoms. The summed E-state index contributed by atoms with van der Waals surface area (Å²) in [5.41, 5.74) is 0.557. The second-order valence-electron chi connectivity index (χ2n) is 7.63. The lowest BCUT2D eigenvalue weighted by Crippen LogP contribution is -2.48. The van der Waals surface area contributed by atoms with Gasteiger partial charge in [-0.25, -0.2) is 0 Å². The lowest BCUT2D eigenvalue weighted by molar-refractivity contribution is 0.0685. The second-order valence-corrected chi connectivity index (χ2v) is 7.63. The predicted octanol–water partition coefficient (Wildman–Crippen LogP) is 4.06. The molecule has 0 aromatic heterocycles. The van der Waals surface area contributed by atoms with Crippen LogP contribution in [0.25, 0.3) is 0 Å². The van der Waals surface area contributed by atoms with Gasteiger partial charge in [-0.15, -0.1) is 0 Å². The zero-order valence-electron chi connectivity index (χ0n) is 14.1. The Morgan fingerprint density at radius 3 is 2.50 bits per heavy atom. The van der Waals surface area contributed by atoms with Crippen molar-refractivity contribution in [1.82, 2.24) is 10.2 Å². The van der Waals surface area contributed by atoms with Crippen molar-refractivity contribution in [2.75, 3.05) is 26.2 Å². The van der Waals surface area contributed by atoms with Crippen LogP contribution in [0.1, 0.15) is 72.1 Å². The molecule has 1 saturated carbocycles. The van der Waals surface area contributed by atoms with Crippen molar-refractivity contribution < 1.29 is 0 Å². The van der Waals surface area contributed by atoms with Crippen molar-refractivity contribution in [2.24, 2.45) is 11.3 Å². The molecule has 0 radical (unpaired) electrons. The third-order valence-electron chi connectivity index (χ3n) is 5.81. The van der Waals surface area contributed by atoms with Crippen LogP contribution in [0.4, 0.5) is 0 Å². The van der Waals surface area contributed by atoms with E-state index in [0.717, 1.165) is 18.5 Å². The van der Waals surface area contributed by atoms with E-state index in [2.05, 4.69) is 31.0 Å². The van der Waals surface area contributed by atoms with E-state index < -0.39 is 0 Å². The van der Waals surface area contributed by atoms with Gasteiger partial charge < -0.3 is 10.2 Å². The van der Waals surface area contributed by atoms with Crippen LogP contribution in [0.5, 0.6) is 0 Å². The Hall–Kier alpha value is -0.0800. The fourth-order valence-corrected chi connectivity index (χ4v) is 4.16. The molecule has 1 saturated heterocycles. The highest BCUT2D eigenvalue weighted by Gasteiger charge is 2.36. The third kappa shape index (κ3) is 4.46. The van der Waals surface area contributed by atoms with Crippen LogP contribution in [-0.2, 0) is 0 Å². The summed E-state index contributed by atoms with van der Waals surface area (Å²) >= 11 is 0. The topological polar surface area (TPSA) is 15.3 Å². The zero-order valence-corrected chi connectivity index (χ0v) is 14.1. The summed E-state index contributed by atoms with van der Waals surface area (Å²) < 4.78 is 0. The van der Waals surface area contributed by atoms with Crippen molar-refractivity contribution in [3.63, 3.8) is 0 Å². The van der Waals surface area contributed by atoms with Crippen LogP contribution in [0, 0.1) is 11.3 Å². The summed E-state index contributed by atoms with van der Waals surface area (Å²) in [6, 6.07) is 0.801. The van der Waals surface area contributed by atoms with E-state index in [-0.39, 0.29) is 0 Å². The number of nitrogens with zero attached hydrogens (tertiary/aromatic N) is 1. The van der Waals surface area contributed by atoms with Crippen LogP contribution in [0.3, 0.4) is 0 Å². The molecule has 118 valence electrons. The van der Waals surface area contributed by atoms with Gasteiger partial charge in [0.2, 0.25) is 0 Å². The van der Waals surface area contributed by atoms with E-state index in [1.165, 1.54) is 71.0 Å². The van der Waals surface area contributed by atoms with Crippen LogP contribution in [-0.4, -0.2) is 37.1 Å². The van der Waals surface area contributed by atoms with E-state index in [9.17, 15) is 0 Å². The first-order valence-corrected chi connectivity index (χ1v) is 9.10. The molecule has 1 unspecified atom stereocenters. The van der Waals surface area contributed by atoms with Gasteiger partial charge in [0.1, 0.15) is 0 Å². The quantitative estimate of drug-likeness (QED) is 0.817. The Labute approximate surface area is 126 Å². The molecule has 1 N–H and O–H groups in total. The maximum atomic E-state index is 3.67. The summed E-state index contributed by atoms with van der Waals surface area (Å²) in [6.07, 6.45) is 11.5. The smallest absolute Gasteiger partial charge is 0.00671 e. The van der Waals surface area contributed by atoms with Gasteiger partial charge in [-0.05, 0) is 57.0 Å². The van der Waals surface area contributed by atoms with E-state index in [1.54, 1.807) is 0 Å². The third-order valence-corrected chi connectivity index (χ3v) is 5.81. The molecule has 2 aliphatic rings. The Morgan fingerprint density at radius 2 is 1.80 bits per heavy atom. The molecule has 2 rings (SSSR count). The summed E-state index contributed by atoms with van der Waals surface area (Å²) in [5, 5.41) is 3.67. The normalized spacial score (nSPS) is 36.8. The maximum absolute atomic E-state index is 3.67. The molecule has 0 bridgehead atoms. The molecule has 0 amide bonds. The van der Waals surface area contributed by atoms with E-state index in [0.29, 0.717) is 5.41 Å². The molecule has 1 aliphatic heterocycles. The Bertz CT molecular complexity index is 263. The van der Waals surface area contributed by atoms with E-state index in [1.807, 2.05) is 0 Å². The molecule has 0 aromatic carbocycles. The first-order valence-electron chi connectivity index (χ1n) is 9.10. The number of hydrogen-bond donors (Lipinski definition) is 1. The SMILES string of the molecule is CCNCC1(CN2CCCCCC2C)CCC(C)CC1. The Balaban J connectivity index is 1.98. The Morgan fingerprint density at radius 1 is 1.05 bits per heavy atom. The molecule has 2 heteroatoms. The average Bonchev–Trinajstić information content (AvgIpc) is 2.65. The van der Waals surface area contributed by atoms with Crippen molar-refractivity contribution >= 4 is 0 Å². The van der Waals surface area contributed by atoms with Crippen molar-refractivity contribution in [2.45, 2.75) is 78.2 Å². The largest absolute Gasteiger partial charge is 0.316 e. The first-order chi connectivity index (χ1) is 9.65. The van der Waals surface area contributed by atoms with Gasteiger partial charge in [-0.1, -0.05) is 39.5 Å². The minimum atomic E-state index is 0.557. The lowest BCUT2D eigenvalue weighted by Gasteiger charge is -2.44. The molecule has 2 nitrogen and oxygen atoms in total. The Kier molecular flexibility index (Phi) is 6.35. The molecule has 1 heterocycles. The van der Waals surface area contributed by atoms with Crippen LogP contribution < -0.4 is 5.32 Å². The van der Waals surface area contributed by atoms with Gasteiger partial charge >= 0.3 is 0 Å². The number of hydrogen-bond acceptors (Lipinski definition) is 2. The fourth-order valence-electron chi connectivity index (χ4n) is 4.16. The molecule has 20 heavy (non-hydrogen) atoms. The van der Waals surface area contributed by atoms with Gasteiger partial charge in [0, 0.05) is 19.1 Å². The maximum Gasteiger partial charge on any atom is 0.00671 e. The van der Waals surface area contributed by atoms with Crippen LogP contribution in [0.2, 0.25) is 0 Å². The lowest BCUT2D eigenvalue weighted by atomic mass is 9.70. The van der Waals surface area contributed by atoms with E-state index in [4.69, 9.17) is 0 Å². The van der Waals surface area contributed by atoms with Gasteiger partial charge in [0.15, 0.2) is 0 Å². The first kappa shape index (κ1) is 16.3. The van der Waals surface area contributed by atoms with Gasteiger partial charge in [-0.2, -0.15) is 0 Å². The molecular formula is C18H36N2. The second kappa shape index (κ2) is 7.79. The van der Waals surface area contributed by atoms with Crippen LogP contribution >= 0.6 is 0 Å². The van der Waals surface area contributed by atoms with E-state index >= 15 is 0 Å². The number of nitrogens with one attached hydrogen (secondary N) is 1. The zero-order chi connectivity index (χ0) is 14.4. The van der Waals surface area contributed by atoms with Gasteiger partial charge in [0.05, 0.1) is 0 Å². The predicted molar refractivity (Wildman–Crippen MR) is 88.1 cm³/mol.